The number of piperidine rings is 1. The first-order valence-corrected chi connectivity index (χ1v) is 9.63. The number of carboxylic acid groups (broad SMARTS) is 1. The number of rotatable bonds is 3. The SMILES string of the molecule is Cc1nc(OC2CCC3(CC2)CCN(C(=O)O)CC3)ccc1C(=O)N(C)C. The number of aromatic nitrogens is 1. The molecule has 2 fully saturated rings. The van der Waals surface area contributed by atoms with Crippen LogP contribution in [0.3, 0.4) is 0 Å². The monoisotopic (exact) mass is 375 g/mol. The van der Waals surface area contributed by atoms with Gasteiger partial charge in [-0.3, -0.25) is 4.79 Å². The molecule has 1 aliphatic carbocycles. The molecule has 1 aliphatic heterocycles. The van der Waals surface area contributed by atoms with Gasteiger partial charge in [0.15, 0.2) is 0 Å². The lowest BCUT2D eigenvalue weighted by Gasteiger charge is -2.45. The summed E-state index contributed by atoms with van der Waals surface area (Å²) in [4.78, 5) is 30.7. The van der Waals surface area contributed by atoms with Crippen LogP contribution in [0.15, 0.2) is 12.1 Å². The molecule has 27 heavy (non-hydrogen) atoms. The highest BCUT2D eigenvalue weighted by Crippen LogP contribution is 2.45. The quantitative estimate of drug-likeness (QED) is 0.877. The molecule has 7 nitrogen and oxygen atoms in total. The summed E-state index contributed by atoms with van der Waals surface area (Å²) in [7, 11) is 3.45. The Morgan fingerprint density at radius 1 is 1.19 bits per heavy atom. The number of amides is 2. The van der Waals surface area contributed by atoms with Gasteiger partial charge < -0.3 is 19.6 Å². The third kappa shape index (κ3) is 4.34. The largest absolute Gasteiger partial charge is 0.474 e. The zero-order chi connectivity index (χ0) is 19.6. The number of hydrogen-bond acceptors (Lipinski definition) is 4. The van der Waals surface area contributed by atoms with E-state index in [1.54, 1.807) is 31.1 Å². The highest BCUT2D eigenvalue weighted by Gasteiger charge is 2.39. The van der Waals surface area contributed by atoms with Gasteiger partial charge in [-0.1, -0.05) is 0 Å². The fraction of sp³-hybridized carbons (Fsp3) is 0.650. The fourth-order valence-electron chi connectivity index (χ4n) is 4.24. The van der Waals surface area contributed by atoms with Crippen LogP contribution in [-0.2, 0) is 0 Å². The van der Waals surface area contributed by atoms with E-state index in [1.165, 1.54) is 4.90 Å². The van der Waals surface area contributed by atoms with Crippen LogP contribution in [0.1, 0.15) is 54.6 Å². The first-order chi connectivity index (χ1) is 12.8. The summed E-state index contributed by atoms with van der Waals surface area (Å²) in [6.45, 7) is 3.11. The molecule has 1 aromatic heterocycles. The highest BCUT2D eigenvalue weighted by molar-refractivity contribution is 5.94. The average Bonchev–Trinajstić information content (AvgIpc) is 2.64. The summed E-state index contributed by atoms with van der Waals surface area (Å²) in [6.07, 6.45) is 5.30. The first kappa shape index (κ1) is 19.5. The van der Waals surface area contributed by atoms with Crippen molar-refractivity contribution < 1.29 is 19.4 Å². The van der Waals surface area contributed by atoms with Gasteiger partial charge in [0.05, 0.1) is 11.3 Å². The van der Waals surface area contributed by atoms with Crippen molar-refractivity contribution in [3.63, 3.8) is 0 Å². The Hall–Kier alpha value is -2.31. The summed E-state index contributed by atoms with van der Waals surface area (Å²) < 4.78 is 6.08. The molecule has 1 saturated heterocycles. The maximum absolute atomic E-state index is 12.1. The number of pyridine rings is 1. The van der Waals surface area contributed by atoms with E-state index in [9.17, 15) is 9.59 Å². The average molecular weight is 375 g/mol. The summed E-state index contributed by atoms with van der Waals surface area (Å²) in [5.74, 6) is 0.517. The van der Waals surface area contributed by atoms with Gasteiger partial charge in [-0.25, -0.2) is 9.78 Å². The van der Waals surface area contributed by atoms with Crippen molar-refractivity contribution in [2.24, 2.45) is 5.41 Å². The maximum atomic E-state index is 12.1. The molecule has 1 spiro atoms. The van der Waals surface area contributed by atoms with Crippen molar-refractivity contribution in [1.29, 1.82) is 0 Å². The second kappa shape index (κ2) is 7.74. The maximum Gasteiger partial charge on any atom is 0.407 e. The third-order valence-electron chi connectivity index (χ3n) is 6.07. The van der Waals surface area contributed by atoms with E-state index in [2.05, 4.69) is 4.98 Å². The number of nitrogens with zero attached hydrogens (tertiary/aromatic N) is 3. The van der Waals surface area contributed by atoms with Crippen LogP contribution in [0.2, 0.25) is 0 Å². The van der Waals surface area contributed by atoms with Crippen molar-refractivity contribution in [1.82, 2.24) is 14.8 Å². The molecule has 7 heteroatoms. The van der Waals surface area contributed by atoms with Crippen LogP contribution in [0.4, 0.5) is 4.79 Å². The molecule has 0 bridgehead atoms. The van der Waals surface area contributed by atoms with Crippen molar-refractivity contribution >= 4 is 12.0 Å². The van der Waals surface area contributed by atoms with Crippen molar-refractivity contribution in [2.45, 2.75) is 51.6 Å². The highest BCUT2D eigenvalue weighted by atomic mass is 16.5. The van der Waals surface area contributed by atoms with Gasteiger partial charge in [0, 0.05) is 33.3 Å². The van der Waals surface area contributed by atoms with E-state index >= 15 is 0 Å². The molecular formula is C20H29N3O4. The van der Waals surface area contributed by atoms with Gasteiger partial charge in [0.2, 0.25) is 5.88 Å². The zero-order valence-corrected chi connectivity index (χ0v) is 16.4. The fourth-order valence-corrected chi connectivity index (χ4v) is 4.24. The van der Waals surface area contributed by atoms with Gasteiger partial charge in [0.1, 0.15) is 6.10 Å². The molecule has 0 unspecified atom stereocenters. The third-order valence-corrected chi connectivity index (χ3v) is 6.07. The standard InChI is InChI=1S/C20H29N3O4/c1-14-16(18(24)22(2)3)4-5-17(21-14)27-15-6-8-20(9-7-15)10-12-23(13-11-20)19(25)26/h4-5,15H,6-13H2,1-3H3,(H,25,26). The molecule has 2 heterocycles. The topological polar surface area (TPSA) is 83.0 Å². The second-order valence-corrected chi connectivity index (χ2v) is 8.07. The molecule has 1 N–H and O–H groups in total. The minimum atomic E-state index is -0.806. The summed E-state index contributed by atoms with van der Waals surface area (Å²) in [5, 5.41) is 9.11. The van der Waals surface area contributed by atoms with E-state index in [1.807, 2.05) is 6.92 Å². The van der Waals surface area contributed by atoms with Gasteiger partial charge in [0.25, 0.3) is 5.91 Å². The number of likely N-dealkylation sites (tertiary alicyclic amines) is 1. The molecule has 1 saturated carbocycles. The lowest BCUT2D eigenvalue weighted by Crippen LogP contribution is -2.45. The van der Waals surface area contributed by atoms with E-state index in [0.29, 0.717) is 30.2 Å². The number of carbonyl (C=O) groups is 2. The van der Waals surface area contributed by atoms with Gasteiger partial charge >= 0.3 is 6.09 Å². The predicted molar refractivity (Wildman–Crippen MR) is 101 cm³/mol. The normalized spacial score (nSPS) is 19.7. The molecule has 0 aromatic carbocycles. The summed E-state index contributed by atoms with van der Waals surface area (Å²) >= 11 is 0. The van der Waals surface area contributed by atoms with Crippen LogP contribution in [0.25, 0.3) is 0 Å². The van der Waals surface area contributed by atoms with Crippen molar-refractivity contribution in [2.75, 3.05) is 27.2 Å². The molecule has 2 aliphatic rings. The Balaban J connectivity index is 1.55. The minimum Gasteiger partial charge on any atom is -0.474 e. The van der Waals surface area contributed by atoms with E-state index < -0.39 is 6.09 Å². The van der Waals surface area contributed by atoms with Crippen LogP contribution >= 0.6 is 0 Å². The van der Waals surface area contributed by atoms with Gasteiger partial charge in [-0.15, -0.1) is 0 Å². The van der Waals surface area contributed by atoms with Crippen LogP contribution in [0.5, 0.6) is 5.88 Å². The van der Waals surface area contributed by atoms with Crippen LogP contribution in [0, 0.1) is 12.3 Å². The Morgan fingerprint density at radius 3 is 2.33 bits per heavy atom. The zero-order valence-electron chi connectivity index (χ0n) is 16.4. The van der Waals surface area contributed by atoms with Crippen molar-refractivity contribution in [3.05, 3.63) is 23.4 Å². The molecule has 2 amide bonds. The number of carbonyl (C=O) groups excluding carboxylic acids is 1. The molecule has 0 radical (unpaired) electrons. The van der Waals surface area contributed by atoms with Gasteiger partial charge in [-0.05, 0) is 56.9 Å². The molecule has 148 valence electrons. The lowest BCUT2D eigenvalue weighted by atomic mass is 9.67. The molecule has 3 rings (SSSR count). The number of ether oxygens (including phenoxy) is 1. The minimum absolute atomic E-state index is 0.0566. The summed E-state index contributed by atoms with van der Waals surface area (Å²) in [6, 6.07) is 3.56. The molecule has 0 atom stereocenters. The predicted octanol–water partition coefficient (Wildman–Crippen LogP) is 3.17. The van der Waals surface area contributed by atoms with E-state index in [4.69, 9.17) is 9.84 Å². The smallest absolute Gasteiger partial charge is 0.407 e. The second-order valence-electron chi connectivity index (χ2n) is 8.07. The van der Waals surface area contributed by atoms with Crippen LogP contribution < -0.4 is 4.74 Å². The van der Waals surface area contributed by atoms with E-state index in [-0.39, 0.29) is 17.4 Å². The van der Waals surface area contributed by atoms with E-state index in [0.717, 1.165) is 38.5 Å². The Bertz CT molecular complexity index is 701. The Kier molecular flexibility index (Phi) is 5.58. The molecule has 1 aromatic rings. The van der Waals surface area contributed by atoms with Gasteiger partial charge in [-0.2, -0.15) is 0 Å². The molecular weight excluding hydrogens is 346 g/mol. The first-order valence-electron chi connectivity index (χ1n) is 9.63. The Labute approximate surface area is 160 Å². The number of hydrogen-bond donors (Lipinski definition) is 1. The van der Waals surface area contributed by atoms with Crippen LogP contribution in [-0.4, -0.2) is 65.2 Å². The van der Waals surface area contributed by atoms with Crippen molar-refractivity contribution in [3.8, 4) is 5.88 Å². The lowest BCUT2D eigenvalue weighted by molar-refractivity contribution is 0.0266. The number of aryl methyl sites for hydroxylation is 1. The summed E-state index contributed by atoms with van der Waals surface area (Å²) in [5.41, 5.74) is 1.55. The Morgan fingerprint density at radius 2 is 1.81 bits per heavy atom.